The van der Waals surface area contributed by atoms with E-state index in [1.807, 2.05) is 0 Å². The van der Waals surface area contributed by atoms with Gasteiger partial charge in [-0.05, 0) is 121 Å². The molecule has 0 fully saturated rings. The summed E-state index contributed by atoms with van der Waals surface area (Å²) in [6.07, 6.45) is 2.44. The first-order valence-electron chi connectivity index (χ1n) is 19.4. The molecule has 1 unspecified atom stereocenters. The van der Waals surface area contributed by atoms with Gasteiger partial charge in [-0.25, -0.2) is 0 Å². The van der Waals surface area contributed by atoms with Crippen LogP contribution in [-0.2, 0) is 5.41 Å². The normalized spacial score (nSPS) is 13.5. The fraction of sp³-hybridized carbons (Fsp3) is 0.0909. The van der Waals surface area contributed by atoms with E-state index in [9.17, 15) is 0 Å². The van der Waals surface area contributed by atoms with Gasteiger partial charge in [-0.3, -0.25) is 0 Å². The third-order valence-corrected chi connectivity index (χ3v) is 11.7. The lowest BCUT2D eigenvalue weighted by molar-refractivity contribution is 0.754. The second-order valence-electron chi connectivity index (χ2n) is 15.0. The van der Waals surface area contributed by atoms with Gasteiger partial charge in [0.1, 0.15) is 0 Å². The largest absolute Gasteiger partial charge is 0.0718 e. The standard InChI is InChI=1S/C55H44/c1-38-18-10-13-29-51(38)55(53-30-14-11-27-48(53)49-28-12-15-31-54(49)55)52-33-32-45(34-40(52)3)44-24-17-26-47(37-44)50(35-39(2)41-19-6-4-7-20-41)46-25-16-23-43(36-46)42-21-8-5-9-22-42/h4-37,39H,1-3H3/b50-35-. The highest BCUT2D eigenvalue weighted by Gasteiger charge is 2.47. The summed E-state index contributed by atoms with van der Waals surface area (Å²) >= 11 is 0. The predicted octanol–water partition coefficient (Wildman–Crippen LogP) is 14.2. The van der Waals surface area contributed by atoms with E-state index >= 15 is 0 Å². The summed E-state index contributed by atoms with van der Waals surface area (Å²) in [4.78, 5) is 0. The van der Waals surface area contributed by atoms with Gasteiger partial charge in [0.2, 0.25) is 0 Å². The number of hydrogen-bond donors (Lipinski definition) is 0. The zero-order valence-electron chi connectivity index (χ0n) is 31.7. The molecule has 0 bridgehead atoms. The summed E-state index contributed by atoms with van der Waals surface area (Å²) in [7, 11) is 0. The van der Waals surface area contributed by atoms with Crippen molar-refractivity contribution in [3.63, 3.8) is 0 Å². The number of allylic oxidation sites excluding steroid dienone is 1. The number of rotatable bonds is 8. The molecule has 55 heavy (non-hydrogen) atoms. The minimum atomic E-state index is -0.420. The summed E-state index contributed by atoms with van der Waals surface area (Å²) in [6, 6.07) is 73.7. The van der Waals surface area contributed by atoms with Crippen molar-refractivity contribution in [1.82, 2.24) is 0 Å². The topological polar surface area (TPSA) is 0 Å². The maximum absolute atomic E-state index is 2.44. The molecule has 0 aromatic heterocycles. The molecule has 0 radical (unpaired) electrons. The highest BCUT2D eigenvalue weighted by atomic mass is 14.5. The molecule has 0 saturated heterocycles. The molecule has 0 nitrogen and oxygen atoms in total. The third kappa shape index (κ3) is 6.05. The van der Waals surface area contributed by atoms with Gasteiger partial charge in [-0.15, -0.1) is 0 Å². The third-order valence-electron chi connectivity index (χ3n) is 11.7. The molecule has 0 amide bonds. The first-order valence-corrected chi connectivity index (χ1v) is 19.4. The average Bonchev–Trinajstić information content (AvgIpc) is 3.54. The Morgan fingerprint density at radius 1 is 0.400 bits per heavy atom. The average molecular weight is 705 g/mol. The van der Waals surface area contributed by atoms with Gasteiger partial charge in [0.05, 0.1) is 5.41 Å². The van der Waals surface area contributed by atoms with Crippen molar-refractivity contribution in [2.45, 2.75) is 32.1 Å². The van der Waals surface area contributed by atoms with Gasteiger partial charge in [0.15, 0.2) is 0 Å². The van der Waals surface area contributed by atoms with E-state index in [2.05, 4.69) is 227 Å². The molecule has 1 aliphatic carbocycles. The first-order chi connectivity index (χ1) is 27.0. The Bertz CT molecular complexity index is 2630. The second-order valence-corrected chi connectivity index (χ2v) is 15.0. The maximum Gasteiger partial charge on any atom is 0.0718 e. The summed E-state index contributed by atoms with van der Waals surface area (Å²) in [5.41, 5.74) is 20.0. The van der Waals surface area contributed by atoms with Crippen LogP contribution in [0.15, 0.2) is 206 Å². The van der Waals surface area contributed by atoms with Crippen LogP contribution in [0.5, 0.6) is 0 Å². The van der Waals surface area contributed by atoms with E-state index < -0.39 is 5.41 Å². The molecule has 0 saturated carbocycles. The van der Waals surface area contributed by atoms with Crippen molar-refractivity contribution in [3.05, 3.63) is 256 Å². The molecule has 0 N–H and O–H groups in total. The molecule has 1 aliphatic rings. The highest BCUT2D eigenvalue weighted by Crippen LogP contribution is 2.57. The molecule has 1 atom stereocenters. The van der Waals surface area contributed by atoms with E-state index in [0.29, 0.717) is 0 Å². The van der Waals surface area contributed by atoms with E-state index in [0.717, 1.165) is 0 Å². The van der Waals surface area contributed by atoms with Gasteiger partial charge in [-0.2, -0.15) is 0 Å². The van der Waals surface area contributed by atoms with Crippen molar-refractivity contribution in [2.75, 3.05) is 0 Å². The van der Waals surface area contributed by atoms with Gasteiger partial charge in [0, 0.05) is 0 Å². The molecule has 9 rings (SSSR count). The summed E-state index contributed by atoms with van der Waals surface area (Å²) in [5.74, 6) is 0.233. The molecule has 0 heteroatoms. The van der Waals surface area contributed by atoms with Crippen LogP contribution in [0.25, 0.3) is 39.0 Å². The number of fused-ring (bicyclic) bond motifs is 3. The monoisotopic (exact) mass is 704 g/mol. The van der Waals surface area contributed by atoms with Crippen LogP contribution >= 0.6 is 0 Å². The summed E-state index contributed by atoms with van der Waals surface area (Å²) in [5, 5.41) is 0. The molecular formula is C55H44. The zero-order valence-corrected chi connectivity index (χ0v) is 31.7. The lowest BCUT2D eigenvalue weighted by Gasteiger charge is -2.36. The molecule has 0 spiro atoms. The van der Waals surface area contributed by atoms with E-state index in [4.69, 9.17) is 0 Å². The summed E-state index contributed by atoms with van der Waals surface area (Å²) < 4.78 is 0. The van der Waals surface area contributed by atoms with Crippen LogP contribution in [-0.4, -0.2) is 0 Å². The van der Waals surface area contributed by atoms with Crippen molar-refractivity contribution >= 4 is 5.57 Å². The Hall–Kier alpha value is -6.50. The lowest BCUT2D eigenvalue weighted by Crippen LogP contribution is -2.30. The maximum atomic E-state index is 2.44. The van der Waals surface area contributed by atoms with Crippen molar-refractivity contribution in [2.24, 2.45) is 0 Å². The van der Waals surface area contributed by atoms with Crippen LogP contribution in [0.1, 0.15) is 62.9 Å². The Labute approximate surface area is 326 Å². The quantitative estimate of drug-likeness (QED) is 0.148. The van der Waals surface area contributed by atoms with E-state index in [-0.39, 0.29) is 5.92 Å². The van der Waals surface area contributed by atoms with E-state index in [1.165, 1.54) is 89.0 Å². The molecule has 8 aromatic rings. The fourth-order valence-electron chi connectivity index (χ4n) is 9.04. The van der Waals surface area contributed by atoms with Crippen LogP contribution in [0.3, 0.4) is 0 Å². The molecule has 0 heterocycles. The van der Waals surface area contributed by atoms with Crippen LogP contribution in [0, 0.1) is 13.8 Å². The Kier molecular flexibility index (Phi) is 8.97. The second kappa shape index (κ2) is 14.4. The minimum absolute atomic E-state index is 0.233. The number of hydrogen-bond acceptors (Lipinski definition) is 0. The van der Waals surface area contributed by atoms with Crippen molar-refractivity contribution in [1.29, 1.82) is 0 Å². The van der Waals surface area contributed by atoms with Gasteiger partial charge in [0.25, 0.3) is 0 Å². The Morgan fingerprint density at radius 3 is 1.47 bits per heavy atom. The predicted molar refractivity (Wildman–Crippen MR) is 232 cm³/mol. The summed E-state index contributed by atoms with van der Waals surface area (Å²) in [6.45, 7) is 6.86. The highest BCUT2D eigenvalue weighted by molar-refractivity contribution is 5.88. The smallest absolute Gasteiger partial charge is 0.0688 e. The molecule has 0 aliphatic heterocycles. The van der Waals surface area contributed by atoms with Gasteiger partial charge in [-0.1, -0.05) is 201 Å². The molecule has 264 valence electrons. The van der Waals surface area contributed by atoms with Gasteiger partial charge < -0.3 is 0 Å². The first kappa shape index (κ1) is 34.3. The number of aryl methyl sites for hydroxylation is 2. The molecular weight excluding hydrogens is 661 g/mol. The SMILES string of the molecule is Cc1ccccc1C1(c2ccc(-c3cccc(/C(=C\C(C)c4ccccc4)c4cccc(-c5ccccc5)c4)c3)cc2C)c2ccccc2-c2ccccc21. The van der Waals surface area contributed by atoms with Gasteiger partial charge >= 0.3 is 0 Å². The molecule has 8 aromatic carbocycles. The van der Waals surface area contributed by atoms with Crippen molar-refractivity contribution in [3.8, 4) is 33.4 Å². The van der Waals surface area contributed by atoms with Crippen LogP contribution in [0.4, 0.5) is 0 Å². The Morgan fingerprint density at radius 2 is 0.873 bits per heavy atom. The van der Waals surface area contributed by atoms with Crippen LogP contribution < -0.4 is 0 Å². The minimum Gasteiger partial charge on any atom is -0.0688 e. The van der Waals surface area contributed by atoms with E-state index in [1.54, 1.807) is 0 Å². The fourth-order valence-corrected chi connectivity index (χ4v) is 9.04. The van der Waals surface area contributed by atoms with Crippen molar-refractivity contribution < 1.29 is 0 Å². The lowest BCUT2D eigenvalue weighted by atomic mass is 9.65. The van der Waals surface area contributed by atoms with Crippen LogP contribution in [0.2, 0.25) is 0 Å². The zero-order chi connectivity index (χ0) is 37.4. The Balaban J connectivity index is 1.18. The number of benzene rings is 8.